The molecule has 0 N–H and O–H groups in total. The van der Waals surface area contributed by atoms with Crippen molar-refractivity contribution >= 4 is 11.6 Å². The van der Waals surface area contributed by atoms with Crippen molar-refractivity contribution in [3.05, 3.63) is 36.2 Å². The Morgan fingerprint density at radius 2 is 2.00 bits per heavy atom. The maximum atomic E-state index is 6.01. The molecule has 70 valence electrons. The van der Waals surface area contributed by atoms with Crippen molar-refractivity contribution in [1.82, 2.24) is 19.7 Å². The maximum Gasteiger partial charge on any atom is 0.179 e. The molecule has 2 radical (unpaired) electrons. The lowest BCUT2D eigenvalue weighted by Crippen LogP contribution is -1.95. The third-order valence-corrected chi connectivity index (χ3v) is 2.24. The van der Waals surface area contributed by atoms with Gasteiger partial charge in [-0.3, -0.25) is 4.68 Å². The summed E-state index contributed by atoms with van der Waals surface area (Å²) in [6, 6.07) is 1.72. The summed E-state index contributed by atoms with van der Waals surface area (Å²) < 4.78 is 1.19. The molecular weight excluding hydrogens is 200 g/mol. The first-order chi connectivity index (χ1) is 6.70. The van der Waals surface area contributed by atoms with E-state index in [4.69, 9.17) is 18.6 Å². The Morgan fingerprint density at radius 1 is 1.36 bits per heavy atom. The number of halogens is 1. The molecule has 0 saturated heterocycles. The van der Waals surface area contributed by atoms with E-state index in [-0.39, 0.29) is 0 Å². The first-order valence-electron chi connectivity index (χ1n) is 3.97. The maximum absolute atomic E-state index is 6.01. The highest BCUT2D eigenvalue weighted by Gasteiger charge is 2.14. The van der Waals surface area contributed by atoms with Crippen LogP contribution in [-0.2, 0) is 0 Å². The van der Waals surface area contributed by atoms with Crippen molar-refractivity contribution < 1.29 is 0 Å². The summed E-state index contributed by atoms with van der Waals surface area (Å²) in [5, 5.41) is 4.45. The van der Waals surface area contributed by atoms with Crippen LogP contribution in [0.3, 0.4) is 0 Å². The van der Waals surface area contributed by atoms with E-state index in [1.54, 1.807) is 25.4 Å². The number of nitrogens with zero attached hydrogens (tertiary/aromatic N) is 4. The fourth-order valence-electron chi connectivity index (χ4n) is 1.15. The molecule has 0 unspecified atom stereocenters. The average Bonchev–Trinajstić information content (AvgIpc) is 2.43. The zero-order valence-electron chi connectivity index (χ0n) is 7.48. The smallest absolute Gasteiger partial charge is 0.179 e. The lowest BCUT2D eigenvalue weighted by Gasteiger charge is -1.98. The highest BCUT2D eigenvalue weighted by Crippen LogP contribution is 2.26. The van der Waals surface area contributed by atoms with Crippen molar-refractivity contribution in [1.29, 1.82) is 0 Å². The molecule has 2 heterocycles. The molecule has 0 atom stereocenters. The molecule has 0 aromatic carbocycles. The number of hydrogen-bond acceptors (Lipinski definition) is 3. The summed E-state index contributed by atoms with van der Waals surface area (Å²) in [4.78, 5) is 8.10. The Bertz CT molecular complexity index is 449. The fourth-order valence-corrected chi connectivity index (χ4v) is 1.36. The van der Waals surface area contributed by atoms with Crippen LogP contribution in [0.1, 0.15) is 5.69 Å². The minimum absolute atomic E-state index is 0.473. The van der Waals surface area contributed by atoms with Gasteiger partial charge in [0, 0.05) is 12.4 Å². The third-order valence-electron chi connectivity index (χ3n) is 1.79. The molecule has 14 heavy (non-hydrogen) atoms. The lowest BCUT2D eigenvalue weighted by molar-refractivity contribution is 0.858. The van der Waals surface area contributed by atoms with Crippen LogP contribution in [0.4, 0.5) is 0 Å². The van der Waals surface area contributed by atoms with Gasteiger partial charge in [-0.05, 0) is 13.0 Å². The quantitative estimate of drug-likeness (QED) is 0.715. The van der Waals surface area contributed by atoms with Gasteiger partial charge in [0.2, 0.25) is 0 Å². The van der Waals surface area contributed by atoms with E-state index in [0.29, 0.717) is 22.2 Å². The van der Waals surface area contributed by atoms with Crippen LogP contribution >= 0.6 is 11.6 Å². The average molecular weight is 207 g/mol. The fraction of sp³-hybridized carbons (Fsp3) is 0.111. The Balaban J connectivity index is 2.62. The highest BCUT2D eigenvalue weighted by atomic mass is 35.5. The van der Waals surface area contributed by atoms with Crippen LogP contribution in [0.2, 0.25) is 5.02 Å². The molecule has 0 spiro atoms. The molecule has 2 aromatic rings. The van der Waals surface area contributed by atoms with Gasteiger partial charge in [-0.2, -0.15) is 5.10 Å². The van der Waals surface area contributed by atoms with Crippen LogP contribution in [0.15, 0.2) is 18.5 Å². The van der Waals surface area contributed by atoms with Gasteiger partial charge < -0.3 is 0 Å². The molecule has 0 aliphatic rings. The molecule has 0 amide bonds. The van der Waals surface area contributed by atoms with Gasteiger partial charge >= 0.3 is 0 Å². The summed E-state index contributed by atoms with van der Waals surface area (Å²) in [6.45, 7) is 1.78. The number of aromatic nitrogens is 4. The molecule has 5 heteroatoms. The van der Waals surface area contributed by atoms with Gasteiger partial charge in [0.15, 0.2) is 5.82 Å². The number of hydrogen-bond donors (Lipinski definition) is 0. The molecule has 4 nitrogen and oxygen atoms in total. The topological polar surface area (TPSA) is 43.6 Å². The van der Waals surface area contributed by atoms with Gasteiger partial charge in [0.25, 0.3) is 0 Å². The molecule has 2 aromatic heterocycles. The normalized spacial score (nSPS) is 10.5. The van der Waals surface area contributed by atoms with Crippen LogP contribution in [-0.4, -0.2) is 19.7 Å². The summed E-state index contributed by atoms with van der Waals surface area (Å²) in [7, 11) is 5.62. The third kappa shape index (κ3) is 1.37. The number of rotatable bonds is 1. The second kappa shape index (κ2) is 3.38. The van der Waals surface area contributed by atoms with Gasteiger partial charge in [0.1, 0.15) is 12.7 Å². The summed E-state index contributed by atoms with van der Waals surface area (Å²) in [6.07, 6.45) is 3.25. The SMILES string of the molecule is [CH]n1nc(C)c(Cl)c1-c1ncccn1. The summed E-state index contributed by atoms with van der Waals surface area (Å²) in [5.41, 5.74) is 1.20. The highest BCUT2D eigenvalue weighted by molar-refractivity contribution is 6.33. The van der Waals surface area contributed by atoms with Crippen LogP contribution in [0, 0.1) is 14.0 Å². The van der Waals surface area contributed by atoms with E-state index in [0.717, 1.165) is 0 Å². The van der Waals surface area contributed by atoms with Crippen molar-refractivity contribution in [2.75, 3.05) is 0 Å². The second-order valence-corrected chi connectivity index (χ2v) is 3.14. The van der Waals surface area contributed by atoms with Gasteiger partial charge in [0.05, 0.1) is 10.7 Å². The van der Waals surface area contributed by atoms with E-state index < -0.39 is 0 Å². The van der Waals surface area contributed by atoms with Crippen LogP contribution in [0.25, 0.3) is 11.5 Å². The van der Waals surface area contributed by atoms with Crippen LogP contribution in [0.5, 0.6) is 0 Å². The molecule has 0 aliphatic carbocycles. The Hall–Kier alpha value is -1.42. The second-order valence-electron chi connectivity index (χ2n) is 2.76. The van der Waals surface area contributed by atoms with Crippen molar-refractivity contribution in [3.63, 3.8) is 0 Å². The van der Waals surface area contributed by atoms with Gasteiger partial charge in [-0.1, -0.05) is 11.6 Å². The van der Waals surface area contributed by atoms with Crippen molar-refractivity contribution in [2.45, 2.75) is 6.92 Å². The molecule has 0 fully saturated rings. The Morgan fingerprint density at radius 3 is 2.50 bits per heavy atom. The van der Waals surface area contributed by atoms with E-state index >= 15 is 0 Å². The largest absolute Gasteiger partial charge is 0.252 e. The van der Waals surface area contributed by atoms with Crippen molar-refractivity contribution in [3.8, 4) is 11.5 Å². The number of aryl methyl sites for hydroxylation is 1. The minimum Gasteiger partial charge on any atom is -0.252 e. The van der Waals surface area contributed by atoms with E-state index in [1.807, 2.05) is 0 Å². The minimum atomic E-state index is 0.473. The lowest BCUT2D eigenvalue weighted by atomic mass is 10.3. The zero-order chi connectivity index (χ0) is 10.1. The van der Waals surface area contributed by atoms with Gasteiger partial charge in [-0.25, -0.2) is 9.97 Å². The molecular formula is C9H7ClN4. The molecule has 0 saturated carbocycles. The van der Waals surface area contributed by atoms with E-state index in [9.17, 15) is 0 Å². The Kier molecular flexibility index (Phi) is 2.21. The zero-order valence-corrected chi connectivity index (χ0v) is 8.23. The molecule has 0 aliphatic heterocycles. The van der Waals surface area contributed by atoms with Crippen LogP contribution < -0.4 is 0 Å². The molecule has 0 bridgehead atoms. The molecule has 2 rings (SSSR count). The summed E-state index contributed by atoms with van der Waals surface area (Å²) >= 11 is 6.01. The predicted molar refractivity (Wildman–Crippen MR) is 52.7 cm³/mol. The monoisotopic (exact) mass is 206 g/mol. The van der Waals surface area contributed by atoms with E-state index in [2.05, 4.69) is 15.1 Å². The first-order valence-corrected chi connectivity index (χ1v) is 4.35. The van der Waals surface area contributed by atoms with Crippen molar-refractivity contribution in [2.24, 2.45) is 0 Å². The standard InChI is InChI=1S/C9H7ClN4/c1-6-7(10)8(14(2)13-6)9-11-4-3-5-12-9/h2-5H,1H3. The van der Waals surface area contributed by atoms with E-state index in [1.165, 1.54) is 4.68 Å². The predicted octanol–water partition coefficient (Wildman–Crippen LogP) is 1.82. The summed E-state index contributed by atoms with van der Waals surface area (Å²) in [5.74, 6) is 0.473. The first kappa shape index (κ1) is 9.15. The van der Waals surface area contributed by atoms with Gasteiger partial charge in [-0.15, -0.1) is 0 Å². The Labute approximate surface area is 86.6 Å².